The largest absolute Gasteiger partial charge is 0.376 e. The van der Waals surface area contributed by atoms with Crippen molar-refractivity contribution in [2.24, 2.45) is 0 Å². The van der Waals surface area contributed by atoms with Crippen molar-refractivity contribution in [3.8, 4) is 27.9 Å². The first-order valence-corrected chi connectivity index (χ1v) is 26.2. The quantitative estimate of drug-likeness (QED) is 0.149. The van der Waals surface area contributed by atoms with Crippen LogP contribution in [0.2, 0.25) is 0 Å². The molecule has 14 rings (SSSR count). The molecule has 2 nitrogen and oxygen atoms in total. The summed E-state index contributed by atoms with van der Waals surface area (Å²) in [6.45, 7) is 25.8. The molecule has 8 aromatic carbocycles. The van der Waals surface area contributed by atoms with E-state index in [4.69, 9.17) is 0 Å². The summed E-state index contributed by atoms with van der Waals surface area (Å²) in [5.74, 6) is 0. The molecule has 0 radical (unpaired) electrons. The van der Waals surface area contributed by atoms with Gasteiger partial charge < -0.3 is 9.38 Å². The Morgan fingerprint density at radius 3 is 1.93 bits per heavy atom. The second-order valence-corrected chi connectivity index (χ2v) is 25.9. The van der Waals surface area contributed by atoms with Gasteiger partial charge in [-0.15, -0.1) is 22.7 Å². The number of aromatic nitrogens is 1. The molecule has 2 aliphatic heterocycles. The zero-order valence-corrected chi connectivity index (χ0v) is 42.6. The molecule has 0 amide bonds. The van der Waals surface area contributed by atoms with Gasteiger partial charge in [-0.1, -0.05) is 155 Å². The molecule has 5 heteroatoms. The summed E-state index contributed by atoms with van der Waals surface area (Å²) in [6, 6.07) is 53.0. The first-order chi connectivity index (χ1) is 32.4. The number of benzene rings is 8. The van der Waals surface area contributed by atoms with Crippen LogP contribution in [0.25, 0.3) is 90.1 Å². The van der Waals surface area contributed by atoms with Gasteiger partial charge in [0.1, 0.15) is 0 Å². The smallest absolute Gasteiger partial charge is 0.333 e. The Hall–Kier alpha value is -6.14. The minimum absolute atomic E-state index is 0.00887. The molecule has 3 aromatic heterocycles. The van der Waals surface area contributed by atoms with Gasteiger partial charge in [-0.3, -0.25) is 0 Å². The number of nitrogens with zero attached hydrogens (tertiary/aromatic N) is 2. The SMILES string of the molecule is CC(C)(C)c1ccc(N2B3c4cc5c(cc4-n4c6ccc(C(C)(C)C)cc6c6c7sc8ccccc8c7c(c3c64)-c3cc4sc6cc(C(C)(C)C)ccc6c4cc32)-c2ccccc2C5(C)C)cc1. The highest BCUT2D eigenvalue weighted by Gasteiger charge is 2.48. The molecule has 68 heavy (non-hydrogen) atoms. The second-order valence-electron chi connectivity index (χ2n) is 23.8. The average Bonchev–Trinajstić information content (AvgIpc) is 4.03. The van der Waals surface area contributed by atoms with Crippen molar-refractivity contribution in [1.29, 1.82) is 0 Å². The van der Waals surface area contributed by atoms with Crippen LogP contribution in [0.1, 0.15) is 104 Å². The molecule has 0 N–H and O–H groups in total. The number of rotatable bonds is 1. The summed E-state index contributed by atoms with van der Waals surface area (Å²) in [7, 11) is 0. The molecule has 0 fully saturated rings. The maximum absolute atomic E-state index is 2.76. The van der Waals surface area contributed by atoms with E-state index in [2.05, 4.69) is 219 Å². The molecule has 5 heterocycles. The van der Waals surface area contributed by atoms with Crippen molar-refractivity contribution in [1.82, 2.24) is 4.57 Å². The maximum atomic E-state index is 2.76. The summed E-state index contributed by atoms with van der Waals surface area (Å²) >= 11 is 3.94. The molecule has 1 aliphatic carbocycles. The molecule has 0 unspecified atom stereocenters. The van der Waals surface area contributed by atoms with E-state index < -0.39 is 0 Å². The summed E-state index contributed by atoms with van der Waals surface area (Å²) in [6.07, 6.45) is 0. The van der Waals surface area contributed by atoms with E-state index in [1.807, 2.05) is 22.7 Å². The number of anilines is 2. The lowest BCUT2D eigenvalue weighted by Crippen LogP contribution is -2.60. The van der Waals surface area contributed by atoms with Gasteiger partial charge in [0.05, 0.1) is 11.0 Å². The third-order valence-electron chi connectivity index (χ3n) is 16.2. The van der Waals surface area contributed by atoms with Gasteiger partial charge in [-0.2, -0.15) is 0 Å². The van der Waals surface area contributed by atoms with Crippen molar-refractivity contribution < 1.29 is 0 Å². The van der Waals surface area contributed by atoms with Crippen LogP contribution in [0.3, 0.4) is 0 Å². The number of hydrogen-bond acceptors (Lipinski definition) is 3. The minimum atomic E-state index is -0.160. The van der Waals surface area contributed by atoms with Gasteiger partial charge in [-0.25, -0.2) is 0 Å². The Kier molecular flexibility index (Phi) is 7.90. The van der Waals surface area contributed by atoms with Crippen LogP contribution in [0.15, 0.2) is 133 Å². The van der Waals surface area contributed by atoms with Crippen LogP contribution in [-0.4, -0.2) is 11.4 Å². The molecule has 0 saturated carbocycles. The van der Waals surface area contributed by atoms with Gasteiger partial charge in [0.15, 0.2) is 0 Å². The first kappa shape index (κ1) is 40.9. The summed E-state index contributed by atoms with van der Waals surface area (Å²) in [5.41, 5.74) is 21.5. The van der Waals surface area contributed by atoms with Crippen LogP contribution >= 0.6 is 22.7 Å². The lowest BCUT2D eigenvalue weighted by molar-refractivity contribution is 0.590. The van der Waals surface area contributed by atoms with Crippen LogP contribution < -0.4 is 15.7 Å². The predicted molar refractivity (Wildman–Crippen MR) is 299 cm³/mol. The van der Waals surface area contributed by atoms with E-state index in [1.165, 1.54) is 140 Å². The van der Waals surface area contributed by atoms with Crippen LogP contribution in [-0.2, 0) is 21.7 Å². The highest BCUT2D eigenvalue weighted by molar-refractivity contribution is 7.27. The lowest BCUT2D eigenvalue weighted by atomic mass is 9.43. The van der Waals surface area contributed by atoms with E-state index in [0.29, 0.717) is 0 Å². The van der Waals surface area contributed by atoms with E-state index in [9.17, 15) is 0 Å². The Bertz CT molecular complexity index is 4060. The van der Waals surface area contributed by atoms with Gasteiger partial charge in [-0.05, 0) is 126 Å². The fourth-order valence-electron chi connectivity index (χ4n) is 12.6. The second kappa shape index (κ2) is 13.1. The molecule has 0 saturated heterocycles. The molecule has 0 atom stereocenters. The first-order valence-electron chi connectivity index (χ1n) is 24.5. The molecular formula is C63H55BN2S2. The highest BCUT2D eigenvalue weighted by Crippen LogP contribution is 2.56. The third-order valence-corrected chi connectivity index (χ3v) is 18.5. The molecule has 3 aliphatic rings. The Balaban J connectivity index is 1.21. The minimum Gasteiger partial charge on any atom is -0.376 e. The Morgan fingerprint density at radius 2 is 1.16 bits per heavy atom. The van der Waals surface area contributed by atoms with Crippen molar-refractivity contribution >= 4 is 114 Å². The number of hydrogen-bond donors (Lipinski definition) is 0. The van der Waals surface area contributed by atoms with Crippen LogP contribution in [0, 0.1) is 0 Å². The molecular weight excluding hydrogens is 860 g/mol. The maximum Gasteiger partial charge on any atom is 0.333 e. The third kappa shape index (κ3) is 5.30. The van der Waals surface area contributed by atoms with E-state index in [-0.39, 0.29) is 28.5 Å². The standard InChI is InChI=1S/C63H55BN2S2/c1-60(2,3)34-20-24-37(25-21-34)66-49-31-42-39-26-22-36(62(7,8)9)29-52(39)67-53(42)32-44(49)54-55-40-17-13-15-19-51(40)68-59(55)56-43-28-35(61(4,5)6)23-27-48(43)65-50-30-41-38-16-12-14-18-45(38)63(10,11)46(41)33-47(50)64(66)57(54)58(56)65/h12-33H,1-11H3. The molecule has 0 bridgehead atoms. The summed E-state index contributed by atoms with van der Waals surface area (Å²) < 4.78 is 8.14. The average molecular weight is 915 g/mol. The van der Waals surface area contributed by atoms with Crippen molar-refractivity contribution in [3.63, 3.8) is 0 Å². The molecule has 0 spiro atoms. The fraction of sp³-hybridized carbons (Fsp3) is 0.238. The number of fused-ring (bicyclic) bond motifs is 19. The summed E-state index contributed by atoms with van der Waals surface area (Å²) in [5, 5.41) is 8.16. The van der Waals surface area contributed by atoms with Crippen molar-refractivity contribution in [2.45, 2.75) is 97.8 Å². The predicted octanol–water partition coefficient (Wildman–Crippen LogP) is 17.0. The Labute approximate surface area is 408 Å². The van der Waals surface area contributed by atoms with Gasteiger partial charge >= 0.3 is 6.85 Å². The monoisotopic (exact) mass is 914 g/mol. The Morgan fingerprint density at radius 1 is 0.485 bits per heavy atom. The normalized spacial score (nSPS) is 15.0. The summed E-state index contributed by atoms with van der Waals surface area (Å²) in [4.78, 5) is 2.76. The van der Waals surface area contributed by atoms with Gasteiger partial charge in [0, 0.05) is 79.2 Å². The highest BCUT2D eigenvalue weighted by atomic mass is 32.1. The van der Waals surface area contributed by atoms with Crippen LogP contribution in [0.4, 0.5) is 11.4 Å². The van der Waals surface area contributed by atoms with E-state index in [0.717, 1.165) is 0 Å². The number of thiophene rings is 2. The van der Waals surface area contributed by atoms with Gasteiger partial charge in [0.25, 0.3) is 0 Å². The van der Waals surface area contributed by atoms with Crippen molar-refractivity contribution in [2.75, 3.05) is 4.81 Å². The van der Waals surface area contributed by atoms with Gasteiger partial charge in [0.2, 0.25) is 0 Å². The van der Waals surface area contributed by atoms with E-state index in [1.54, 1.807) is 0 Å². The zero-order valence-electron chi connectivity index (χ0n) is 41.0. The van der Waals surface area contributed by atoms with E-state index >= 15 is 0 Å². The topological polar surface area (TPSA) is 8.17 Å². The molecule has 332 valence electrons. The van der Waals surface area contributed by atoms with Crippen LogP contribution in [0.5, 0.6) is 0 Å². The van der Waals surface area contributed by atoms with Crippen molar-refractivity contribution in [3.05, 3.63) is 161 Å². The lowest BCUT2D eigenvalue weighted by Gasteiger charge is -2.43. The zero-order chi connectivity index (χ0) is 46.7. The molecule has 11 aromatic rings. The fourth-order valence-corrected chi connectivity index (χ4v) is 15.0.